The highest BCUT2D eigenvalue weighted by molar-refractivity contribution is 7.90. The fourth-order valence-electron chi connectivity index (χ4n) is 1.99. The van der Waals surface area contributed by atoms with Gasteiger partial charge in [-0.05, 0) is 29.8 Å². The maximum absolute atomic E-state index is 12.4. The number of nitriles is 1. The third-order valence-electron chi connectivity index (χ3n) is 3.00. The molecule has 2 rings (SSSR count). The Morgan fingerprint density at radius 1 is 1.24 bits per heavy atom. The second-order valence-corrected chi connectivity index (χ2v) is 6.40. The molecule has 0 aliphatic carbocycles. The summed E-state index contributed by atoms with van der Waals surface area (Å²) < 4.78 is 29.8. The van der Waals surface area contributed by atoms with Gasteiger partial charge < -0.3 is 10.5 Å². The van der Waals surface area contributed by atoms with Gasteiger partial charge in [-0.3, -0.25) is 0 Å². The lowest BCUT2D eigenvalue weighted by Crippen LogP contribution is -2.08. The van der Waals surface area contributed by atoms with Gasteiger partial charge in [0.05, 0.1) is 29.0 Å². The van der Waals surface area contributed by atoms with E-state index in [9.17, 15) is 8.42 Å². The monoisotopic (exact) mass is 302 g/mol. The zero-order valence-corrected chi connectivity index (χ0v) is 12.2. The van der Waals surface area contributed by atoms with E-state index in [1.165, 1.54) is 19.2 Å². The van der Waals surface area contributed by atoms with Crippen molar-refractivity contribution < 1.29 is 13.2 Å². The smallest absolute Gasteiger partial charge is 0.184 e. The molecule has 21 heavy (non-hydrogen) atoms. The molecule has 0 radical (unpaired) electrons. The van der Waals surface area contributed by atoms with Gasteiger partial charge in [-0.15, -0.1) is 0 Å². The van der Waals surface area contributed by atoms with Crippen LogP contribution in [0.25, 0.3) is 0 Å². The molecule has 0 spiro atoms. The molecule has 0 aliphatic heterocycles. The van der Waals surface area contributed by atoms with Crippen molar-refractivity contribution in [3.63, 3.8) is 0 Å². The van der Waals surface area contributed by atoms with Crippen LogP contribution in [0, 0.1) is 11.3 Å². The highest BCUT2D eigenvalue weighted by atomic mass is 32.2. The molecule has 2 aromatic carbocycles. The fraction of sp³-hybridized carbons (Fsp3) is 0.133. The van der Waals surface area contributed by atoms with E-state index in [1.54, 1.807) is 30.3 Å². The van der Waals surface area contributed by atoms with E-state index < -0.39 is 9.84 Å². The zero-order valence-electron chi connectivity index (χ0n) is 11.4. The molecule has 0 unspecified atom stereocenters. The van der Waals surface area contributed by atoms with Gasteiger partial charge in [-0.2, -0.15) is 5.26 Å². The molecule has 0 atom stereocenters. The van der Waals surface area contributed by atoms with Crippen LogP contribution in [-0.2, 0) is 15.6 Å². The Kier molecular flexibility index (Phi) is 4.15. The van der Waals surface area contributed by atoms with Crippen LogP contribution in [0.2, 0.25) is 0 Å². The van der Waals surface area contributed by atoms with Crippen LogP contribution in [0.3, 0.4) is 0 Å². The Hall–Kier alpha value is -2.52. The van der Waals surface area contributed by atoms with Crippen molar-refractivity contribution in [1.82, 2.24) is 0 Å². The van der Waals surface area contributed by atoms with Crippen LogP contribution in [0.4, 0.5) is 5.69 Å². The fourth-order valence-corrected chi connectivity index (χ4v) is 3.48. The van der Waals surface area contributed by atoms with Crippen molar-refractivity contribution in [2.24, 2.45) is 0 Å². The predicted molar refractivity (Wildman–Crippen MR) is 79.5 cm³/mol. The van der Waals surface area contributed by atoms with Crippen molar-refractivity contribution in [3.05, 3.63) is 53.6 Å². The number of nitrogens with zero attached hydrogens (tertiary/aromatic N) is 1. The number of para-hydroxylation sites is 1. The molecule has 6 heteroatoms. The highest BCUT2D eigenvalue weighted by Crippen LogP contribution is 2.25. The molecule has 0 bridgehead atoms. The summed E-state index contributed by atoms with van der Waals surface area (Å²) in [5, 5.41) is 9.03. The van der Waals surface area contributed by atoms with E-state index in [4.69, 9.17) is 15.7 Å². The van der Waals surface area contributed by atoms with Crippen molar-refractivity contribution in [2.75, 3.05) is 12.8 Å². The molecule has 108 valence electrons. The topological polar surface area (TPSA) is 93.2 Å². The zero-order chi connectivity index (χ0) is 15.5. The average Bonchev–Trinajstić information content (AvgIpc) is 2.47. The summed E-state index contributed by atoms with van der Waals surface area (Å²) in [6, 6.07) is 13.0. The maximum atomic E-state index is 12.4. The van der Waals surface area contributed by atoms with E-state index in [1.807, 2.05) is 6.07 Å². The Morgan fingerprint density at radius 3 is 2.57 bits per heavy atom. The van der Waals surface area contributed by atoms with Gasteiger partial charge in [0.25, 0.3) is 0 Å². The molecule has 0 saturated carbocycles. The first kappa shape index (κ1) is 14.9. The summed E-state index contributed by atoms with van der Waals surface area (Å²) >= 11 is 0. The molecule has 5 nitrogen and oxygen atoms in total. The number of benzene rings is 2. The lowest BCUT2D eigenvalue weighted by Gasteiger charge is -2.09. The number of nitrogens with two attached hydrogens (primary N) is 1. The first-order chi connectivity index (χ1) is 9.97. The number of methoxy groups -OCH3 is 1. The number of anilines is 1. The van der Waals surface area contributed by atoms with Crippen molar-refractivity contribution >= 4 is 15.5 Å². The molecule has 2 aromatic rings. The quantitative estimate of drug-likeness (QED) is 0.873. The lowest BCUT2D eigenvalue weighted by atomic mass is 10.1. The molecular formula is C15H14N2O3S. The number of sulfone groups is 1. The SMILES string of the molecule is COc1ccc(CS(=O)(=O)c2ccccc2N)cc1C#N. The molecule has 0 heterocycles. The molecule has 0 aliphatic rings. The Labute approximate surface area is 123 Å². The standard InChI is InChI=1S/C15H14N2O3S/c1-20-14-7-6-11(8-12(14)9-16)10-21(18,19)15-5-3-2-4-13(15)17/h2-8H,10,17H2,1H3. The van der Waals surface area contributed by atoms with Gasteiger partial charge in [-0.1, -0.05) is 18.2 Å². The van der Waals surface area contributed by atoms with E-state index in [0.717, 1.165) is 0 Å². The van der Waals surface area contributed by atoms with Crippen LogP contribution < -0.4 is 10.5 Å². The van der Waals surface area contributed by atoms with Gasteiger partial charge in [0.15, 0.2) is 9.84 Å². The van der Waals surface area contributed by atoms with Gasteiger partial charge in [0.2, 0.25) is 0 Å². The Balaban J connectivity index is 2.38. The van der Waals surface area contributed by atoms with Crippen LogP contribution in [0.5, 0.6) is 5.75 Å². The van der Waals surface area contributed by atoms with Crippen molar-refractivity contribution in [1.29, 1.82) is 5.26 Å². The third-order valence-corrected chi connectivity index (χ3v) is 4.75. The summed E-state index contributed by atoms with van der Waals surface area (Å²) in [6.07, 6.45) is 0. The lowest BCUT2D eigenvalue weighted by molar-refractivity contribution is 0.413. The highest BCUT2D eigenvalue weighted by Gasteiger charge is 2.18. The number of hydrogen-bond acceptors (Lipinski definition) is 5. The molecule has 0 aromatic heterocycles. The Morgan fingerprint density at radius 2 is 1.95 bits per heavy atom. The van der Waals surface area contributed by atoms with Crippen LogP contribution >= 0.6 is 0 Å². The van der Waals surface area contributed by atoms with Crippen LogP contribution in [0.15, 0.2) is 47.4 Å². The van der Waals surface area contributed by atoms with Gasteiger partial charge >= 0.3 is 0 Å². The summed E-state index contributed by atoms with van der Waals surface area (Å²) in [5.41, 5.74) is 6.73. The molecule has 0 saturated heterocycles. The summed E-state index contributed by atoms with van der Waals surface area (Å²) in [5.74, 6) is 0.192. The van der Waals surface area contributed by atoms with Crippen LogP contribution in [0.1, 0.15) is 11.1 Å². The van der Waals surface area contributed by atoms with Crippen molar-refractivity contribution in [2.45, 2.75) is 10.6 Å². The van der Waals surface area contributed by atoms with Crippen molar-refractivity contribution in [3.8, 4) is 11.8 Å². The first-order valence-corrected chi connectivity index (χ1v) is 7.77. The van der Waals surface area contributed by atoms with E-state index in [0.29, 0.717) is 16.9 Å². The van der Waals surface area contributed by atoms with Crippen LogP contribution in [-0.4, -0.2) is 15.5 Å². The van der Waals surface area contributed by atoms with Gasteiger partial charge in [-0.25, -0.2) is 8.42 Å². The molecule has 0 fully saturated rings. The van der Waals surface area contributed by atoms with E-state index >= 15 is 0 Å². The Bertz CT molecular complexity index is 808. The number of nitrogen functional groups attached to an aromatic ring is 1. The number of rotatable bonds is 4. The minimum atomic E-state index is -3.56. The molecule has 0 amide bonds. The molecule has 2 N–H and O–H groups in total. The average molecular weight is 302 g/mol. The second kappa shape index (κ2) is 5.85. The predicted octanol–water partition coefficient (Wildman–Crippen LogP) is 2.12. The summed E-state index contributed by atoms with van der Waals surface area (Å²) in [4.78, 5) is 0.0966. The summed E-state index contributed by atoms with van der Waals surface area (Å²) in [7, 11) is -2.11. The number of hydrogen-bond donors (Lipinski definition) is 1. The number of ether oxygens (including phenoxy) is 1. The third kappa shape index (κ3) is 3.15. The van der Waals surface area contributed by atoms with E-state index in [2.05, 4.69) is 0 Å². The second-order valence-electron chi connectivity index (χ2n) is 4.44. The van der Waals surface area contributed by atoms with Gasteiger partial charge in [0, 0.05) is 0 Å². The van der Waals surface area contributed by atoms with Gasteiger partial charge in [0.1, 0.15) is 11.8 Å². The normalized spacial score (nSPS) is 10.9. The largest absolute Gasteiger partial charge is 0.495 e. The van der Waals surface area contributed by atoms with E-state index in [-0.39, 0.29) is 16.3 Å². The maximum Gasteiger partial charge on any atom is 0.184 e. The summed E-state index contributed by atoms with van der Waals surface area (Å²) in [6.45, 7) is 0. The first-order valence-electron chi connectivity index (χ1n) is 6.12. The minimum Gasteiger partial charge on any atom is -0.495 e. The minimum absolute atomic E-state index is 0.0966. The molecular weight excluding hydrogens is 288 g/mol.